The lowest BCUT2D eigenvalue weighted by Gasteiger charge is -2.04. The maximum absolute atomic E-state index is 12.0. The zero-order chi connectivity index (χ0) is 14.0. The molecule has 0 fully saturated rings. The van der Waals surface area contributed by atoms with Crippen LogP contribution >= 0.6 is 11.5 Å². The molecular formula is C8H7N5O4S2. The number of rotatable bonds is 4. The van der Waals surface area contributed by atoms with Crippen LogP contribution in [0.4, 0.5) is 16.8 Å². The van der Waals surface area contributed by atoms with Gasteiger partial charge in [-0.3, -0.25) is 10.1 Å². The molecule has 0 aliphatic heterocycles. The van der Waals surface area contributed by atoms with Crippen molar-refractivity contribution >= 4 is 38.3 Å². The van der Waals surface area contributed by atoms with Gasteiger partial charge in [-0.05, 0) is 6.07 Å². The minimum absolute atomic E-state index is 0.0836. The van der Waals surface area contributed by atoms with Crippen molar-refractivity contribution in [2.45, 2.75) is 4.90 Å². The van der Waals surface area contributed by atoms with Gasteiger partial charge in [-0.1, -0.05) is 12.1 Å². The zero-order valence-electron chi connectivity index (χ0n) is 9.18. The average molecular weight is 301 g/mol. The standard InChI is InChI=1S/C8H7N5O4S2/c9-7-10-8(11-18-7)12-19(16,17)6-4-2-1-3-5(6)13(14)15/h1-4H,(H3,9,10,11,12). The van der Waals surface area contributed by atoms with Crippen LogP contribution in [-0.4, -0.2) is 22.7 Å². The third kappa shape index (κ3) is 2.77. The van der Waals surface area contributed by atoms with Crippen LogP contribution in [-0.2, 0) is 10.0 Å². The number of nitro benzene ring substituents is 1. The Morgan fingerprint density at radius 3 is 2.63 bits per heavy atom. The van der Waals surface area contributed by atoms with Gasteiger partial charge < -0.3 is 5.73 Å². The Labute approximate surface area is 111 Å². The van der Waals surface area contributed by atoms with Crippen LogP contribution in [0.25, 0.3) is 0 Å². The van der Waals surface area contributed by atoms with E-state index in [2.05, 4.69) is 9.36 Å². The van der Waals surface area contributed by atoms with Crippen LogP contribution < -0.4 is 10.5 Å². The van der Waals surface area contributed by atoms with Crippen molar-refractivity contribution in [3.63, 3.8) is 0 Å². The number of aromatic nitrogens is 2. The fourth-order valence-electron chi connectivity index (χ4n) is 1.29. The monoisotopic (exact) mass is 301 g/mol. The van der Waals surface area contributed by atoms with Crippen molar-refractivity contribution < 1.29 is 13.3 Å². The van der Waals surface area contributed by atoms with Crippen molar-refractivity contribution in [1.29, 1.82) is 0 Å². The summed E-state index contributed by atoms with van der Waals surface area (Å²) in [6.07, 6.45) is 0. The van der Waals surface area contributed by atoms with Crippen molar-refractivity contribution in [2.24, 2.45) is 0 Å². The molecule has 3 N–H and O–H groups in total. The summed E-state index contributed by atoms with van der Waals surface area (Å²) in [5.41, 5.74) is 4.79. The molecule has 0 radical (unpaired) electrons. The van der Waals surface area contributed by atoms with Crippen LogP contribution in [0.15, 0.2) is 29.2 Å². The number of sulfonamides is 1. The summed E-state index contributed by atoms with van der Waals surface area (Å²) in [7, 11) is -4.14. The molecule has 100 valence electrons. The predicted molar refractivity (Wildman–Crippen MR) is 68.2 cm³/mol. The average Bonchev–Trinajstić information content (AvgIpc) is 2.74. The number of nitrogens with two attached hydrogens (primary N) is 1. The molecule has 0 aliphatic carbocycles. The fraction of sp³-hybridized carbons (Fsp3) is 0. The maximum Gasteiger partial charge on any atom is 0.289 e. The summed E-state index contributed by atoms with van der Waals surface area (Å²) in [6.45, 7) is 0. The molecule has 0 unspecified atom stereocenters. The van der Waals surface area contributed by atoms with E-state index in [1.807, 2.05) is 4.72 Å². The Morgan fingerprint density at radius 1 is 1.37 bits per heavy atom. The van der Waals surface area contributed by atoms with Crippen molar-refractivity contribution in [2.75, 3.05) is 10.5 Å². The van der Waals surface area contributed by atoms with Gasteiger partial charge in [0, 0.05) is 17.6 Å². The van der Waals surface area contributed by atoms with E-state index in [0.717, 1.165) is 23.7 Å². The summed E-state index contributed by atoms with van der Waals surface area (Å²) in [5, 5.41) is 10.9. The van der Waals surface area contributed by atoms with E-state index in [-0.39, 0.29) is 11.1 Å². The molecule has 1 aromatic heterocycles. The minimum Gasteiger partial charge on any atom is -0.374 e. The molecule has 19 heavy (non-hydrogen) atoms. The molecule has 2 rings (SSSR count). The first kappa shape index (κ1) is 13.2. The first-order chi connectivity index (χ1) is 8.90. The SMILES string of the molecule is Nc1nc(NS(=O)(=O)c2ccccc2[N+](=O)[O-])ns1. The van der Waals surface area contributed by atoms with Gasteiger partial charge in [0.1, 0.15) is 0 Å². The van der Waals surface area contributed by atoms with Gasteiger partial charge in [-0.2, -0.15) is 9.36 Å². The first-order valence-electron chi connectivity index (χ1n) is 4.75. The van der Waals surface area contributed by atoms with Gasteiger partial charge in [0.2, 0.25) is 5.13 Å². The number of nitro groups is 1. The minimum atomic E-state index is -4.14. The Balaban J connectivity index is 2.43. The largest absolute Gasteiger partial charge is 0.374 e. The number of nitrogen functional groups attached to an aromatic ring is 1. The highest BCUT2D eigenvalue weighted by Crippen LogP contribution is 2.24. The van der Waals surface area contributed by atoms with Crippen molar-refractivity contribution in [3.05, 3.63) is 34.4 Å². The van der Waals surface area contributed by atoms with Gasteiger partial charge >= 0.3 is 0 Å². The van der Waals surface area contributed by atoms with Crippen LogP contribution in [0.1, 0.15) is 0 Å². The molecule has 0 aliphatic rings. The van der Waals surface area contributed by atoms with E-state index in [1.54, 1.807) is 0 Å². The van der Waals surface area contributed by atoms with Gasteiger partial charge in [0.15, 0.2) is 4.90 Å². The van der Waals surface area contributed by atoms with E-state index < -0.39 is 25.5 Å². The Hall–Kier alpha value is -2.27. The third-order valence-corrected chi connectivity index (χ3v) is 3.94. The summed E-state index contributed by atoms with van der Waals surface area (Å²) in [5.74, 6) is -0.222. The van der Waals surface area contributed by atoms with Crippen molar-refractivity contribution in [3.8, 4) is 0 Å². The van der Waals surface area contributed by atoms with E-state index in [4.69, 9.17) is 5.73 Å². The number of hydrogen-bond donors (Lipinski definition) is 2. The number of para-hydroxylation sites is 1. The summed E-state index contributed by atoms with van der Waals surface area (Å²) in [4.78, 5) is 13.2. The van der Waals surface area contributed by atoms with Gasteiger partial charge in [-0.15, -0.1) is 0 Å². The normalized spacial score (nSPS) is 11.2. The van der Waals surface area contributed by atoms with Crippen LogP contribution in [0.2, 0.25) is 0 Å². The number of nitrogens with zero attached hydrogens (tertiary/aromatic N) is 3. The Kier molecular flexibility index (Phi) is 3.31. The molecular weight excluding hydrogens is 294 g/mol. The molecule has 9 nitrogen and oxygen atoms in total. The summed E-state index contributed by atoms with van der Waals surface area (Å²) < 4.78 is 29.7. The second-order valence-corrected chi connectivity index (χ2v) is 5.72. The van der Waals surface area contributed by atoms with E-state index >= 15 is 0 Å². The van der Waals surface area contributed by atoms with Gasteiger partial charge in [0.05, 0.1) is 4.92 Å². The molecule has 0 saturated heterocycles. The molecule has 0 bridgehead atoms. The molecule has 1 heterocycles. The van der Waals surface area contributed by atoms with Crippen LogP contribution in [0.5, 0.6) is 0 Å². The summed E-state index contributed by atoms with van der Waals surface area (Å²) >= 11 is 0.807. The van der Waals surface area contributed by atoms with E-state index in [1.165, 1.54) is 12.1 Å². The Morgan fingerprint density at radius 2 is 2.05 bits per heavy atom. The lowest BCUT2D eigenvalue weighted by Crippen LogP contribution is -2.15. The second kappa shape index (κ2) is 4.78. The number of anilines is 2. The molecule has 1 aromatic carbocycles. The molecule has 0 saturated carbocycles. The molecule has 11 heteroatoms. The van der Waals surface area contributed by atoms with Gasteiger partial charge in [0.25, 0.3) is 21.7 Å². The zero-order valence-corrected chi connectivity index (χ0v) is 10.8. The van der Waals surface area contributed by atoms with Gasteiger partial charge in [-0.25, -0.2) is 13.1 Å². The topological polar surface area (TPSA) is 141 Å². The first-order valence-corrected chi connectivity index (χ1v) is 7.01. The van der Waals surface area contributed by atoms with Crippen molar-refractivity contribution in [1.82, 2.24) is 9.36 Å². The smallest absolute Gasteiger partial charge is 0.289 e. The third-order valence-electron chi connectivity index (χ3n) is 2.02. The number of benzene rings is 1. The second-order valence-electron chi connectivity index (χ2n) is 3.29. The highest BCUT2D eigenvalue weighted by Gasteiger charge is 2.26. The highest BCUT2D eigenvalue weighted by molar-refractivity contribution is 7.92. The molecule has 0 spiro atoms. The number of hydrogen-bond acceptors (Lipinski definition) is 8. The van der Waals surface area contributed by atoms with Crippen LogP contribution in [0, 0.1) is 10.1 Å². The summed E-state index contributed by atoms with van der Waals surface area (Å²) in [6, 6.07) is 4.97. The lowest BCUT2D eigenvalue weighted by atomic mass is 10.3. The van der Waals surface area contributed by atoms with E-state index in [0.29, 0.717) is 0 Å². The maximum atomic E-state index is 12.0. The fourth-order valence-corrected chi connectivity index (χ4v) is 2.86. The number of nitrogens with one attached hydrogen (secondary N) is 1. The predicted octanol–water partition coefficient (Wildman–Crippen LogP) is 0.829. The Bertz CT molecular complexity index is 726. The highest BCUT2D eigenvalue weighted by atomic mass is 32.2. The quantitative estimate of drug-likeness (QED) is 0.629. The van der Waals surface area contributed by atoms with Crippen LogP contribution in [0.3, 0.4) is 0 Å². The molecule has 2 aromatic rings. The lowest BCUT2D eigenvalue weighted by molar-refractivity contribution is -0.387. The van der Waals surface area contributed by atoms with E-state index in [9.17, 15) is 18.5 Å². The molecule has 0 amide bonds. The molecule has 0 atom stereocenters.